The molecule has 1 aromatic rings. The summed E-state index contributed by atoms with van der Waals surface area (Å²) in [4.78, 5) is -0.139. The molecule has 0 spiro atoms. The molecule has 0 amide bonds. The molecule has 19 heavy (non-hydrogen) atoms. The van der Waals surface area contributed by atoms with Crippen LogP contribution >= 0.6 is 11.6 Å². The van der Waals surface area contributed by atoms with Gasteiger partial charge in [-0.1, -0.05) is 23.8 Å². The van der Waals surface area contributed by atoms with Gasteiger partial charge in [-0.15, -0.1) is 0 Å². The first kappa shape index (κ1) is 15.9. The average Bonchev–Trinajstić information content (AvgIpc) is 2.28. The van der Waals surface area contributed by atoms with Crippen molar-refractivity contribution >= 4 is 21.6 Å². The molecule has 8 heteroatoms. The molecule has 0 heterocycles. The van der Waals surface area contributed by atoms with Gasteiger partial charge in [0.15, 0.2) is 0 Å². The maximum atomic E-state index is 12.0. The molecule has 0 radical (unpaired) electrons. The third kappa shape index (κ3) is 4.77. The Labute approximate surface area is 115 Å². The fraction of sp³-hybridized carbons (Fsp3) is 0.273. The molecule has 0 aromatic heterocycles. The van der Waals surface area contributed by atoms with Crippen LogP contribution in [0.15, 0.2) is 35.2 Å². The maximum Gasteiger partial charge on any atom is 0.387 e. The van der Waals surface area contributed by atoms with Gasteiger partial charge in [-0.05, 0) is 25.1 Å². The molecule has 0 aliphatic carbocycles. The second kappa shape index (κ2) is 6.31. The Balaban J connectivity index is 2.97. The zero-order valence-electron chi connectivity index (χ0n) is 9.99. The second-order valence-electron chi connectivity index (χ2n) is 3.75. The number of benzene rings is 1. The molecule has 0 aliphatic rings. The Bertz CT molecular complexity index is 575. The lowest BCUT2D eigenvalue weighted by molar-refractivity contribution is -0.0498. The van der Waals surface area contributed by atoms with Crippen LogP contribution in [0, 0.1) is 0 Å². The van der Waals surface area contributed by atoms with Gasteiger partial charge in [-0.3, -0.25) is 0 Å². The van der Waals surface area contributed by atoms with E-state index in [0.29, 0.717) is 5.57 Å². The Morgan fingerprint density at radius 1 is 1.53 bits per heavy atom. The maximum absolute atomic E-state index is 12.0. The highest BCUT2D eigenvalue weighted by Crippen LogP contribution is 2.28. The molecule has 0 unspecified atom stereocenters. The van der Waals surface area contributed by atoms with Crippen LogP contribution in [-0.4, -0.2) is 21.6 Å². The van der Waals surface area contributed by atoms with Crippen LogP contribution in [-0.2, 0) is 10.0 Å². The van der Waals surface area contributed by atoms with Gasteiger partial charge >= 0.3 is 6.61 Å². The van der Waals surface area contributed by atoms with Gasteiger partial charge in [0.2, 0.25) is 10.0 Å². The first-order chi connectivity index (χ1) is 8.72. The van der Waals surface area contributed by atoms with Gasteiger partial charge < -0.3 is 4.74 Å². The Kier molecular flexibility index (Phi) is 5.28. The molecule has 0 atom stereocenters. The van der Waals surface area contributed by atoms with E-state index >= 15 is 0 Å². The van der Waals surface area contributed by atoms with E-state index in [0.717, 1.165) is 18.2 Å². The van der Waals surface area contributed by atoms with Crippen molar-refractivity contribution in [2.45, 2.75) is 18.4 Å². The number of hydrogen-bond donors (Lipinski definition) is 1. The van der Waals surface area contributed by atoms with Crippen LogP contribution in [0.3, 0.4) is 0 Å². The fourth-order valence-corrected chi connectivity index (χ4v) is 2.55. The van der Waals surface area contributed by atoms with Gasteiger partial charge in [-0.2, -0.15) is 8.78 Å². The highest BCUT2D eigenvalue weighted by atomic mass is 35.5. The van der Waals surface area contributed by atoms with E-state index in [9.17, 15) is 17.2 Å². The van der Waals surface area contributed by atoms with E-state index in [-0.39, 0.29) is 22.2 Å². The van der Waals surface area contributed by atoms with Gasteiger partial charge in [0.1, 0.15) is 5.75 Å². The zero-order valence-corrected chi connectivity index (χ0v) is 11.6. The third-order valence-electron chi connectivity index (χ3n) is 1.99. The van der Waals surface area contributed by atoms with E-state index in [1.807, 2.05) is 0 Å². The van der Waals surface area contributed by atoms with Gasteiger partial charge in [0.05, 0.1) is 9.92 Å². The highest BCUT2D eigenvalue weighted by Gasteiger charge is 2.17. The lowest BCUT2D eigenvalue weighted by Gasteiger charge is -2.10. The lowest BCUT2D eigenvalue weighted by Crippen LogP contribution is -2.25. The number of rotatable bonds is 6. The summed E-state index contributed by atoms with van der Waals surface area (Å²) >= 11 is 5.67. The van der Waals surface area contributed by atoms with Crippen molar-refractivity contribution in [3.63, 3.8) is 0 Å². The molecule has 0 bridgehead atoms. The van der Waals surface area contributed by atoms with Gasteiger partial charge in [-0.25, -0.2) is 13.1 Å². The Morgan fingerprint density at radius 3 is 2.63 bits per heavy atom. The summed E-state index contributed by atoms with van der Waals surface area (Å²) in [5.74, 6) is -0.282. The topological polar surface area (TPSA) is 55.4 Å². The second-order valence-corrected chi connectivity index (χ2v) is 5.93. The predicted octanol–water partition coefficient (Wildman–Crippen LogP) is 2.80. The standard InChI is InChI=1S/C11H12ClF2NO3S/c1-7(2)6-15-19(16,17)8-3-4-10(9(12)5-8)18-11(13)14/h3-5,11,15H,1,6H2,2H3. The summed E-state index contributed by atoms with van der Waals surface area (Å²) in [6, 6.07) is 3.24. The minimum absolute atomic E-state index is 0.0786. The van der Waals surface area contributed by atoms with E-state index in [1.54, 1.807) is 6.92 Å². The minimum Gasteiger partial charge on any atom is -0.433 e. The first-order valence-corrected chi connectivity index (χ1v) is 6.97. The fourth-order valence-electron chi connectivity index (χ4n) is 1.14. The van der Waals surface area contributed by atoms with Gasteiger partial charge in [0.25, 0.3) is 0 Å². The molecule has 0 fully saturated rings. The van der Waals surface area contributed by atoms with Crippen molar-refractivity contribution in [2.24, 2.45) is 0 Å². The normalized spacial score (nSPS) is 11.6. The van der Waals surface area contributed by atoms with E-state index in [2.05, 4.69) is 16.0 Å². The molecule has 1 rings (SSSR count). The van der Waals surface area contributed by atoms with Crippen LogP contribution in [0.4, 0.5) is 8.78 Å². The van der Waals surface area contributed by atoms with Crippen LogP contribution in [0.5, 0.6) is 5.75 Å². The molecular weight excluding hydrogens is 300 g/mol. The lowest BCUT2D eigenvalue weighted by atomic mass is 10.3. The van der Waals surface area contributed by atoms with Crippen LogP contribution in [0.1, 0.15) is 6.92 Å². The molecule has 1 aromatic carbocycles. The Morgan fingerprint density at radius 2 is 2.16 bits per heavy atom. The van der Waals surface area contributed by atoms with Crippen LogP contribution in [0.2, 0.25) is 5.02 Å². The number of hydrogen-bond acceptors (Lipinski definition) is 3. The van der Waals surface area contributed by atoms with Crippen molar-refractivity contribution < 1.29 is 21.9 Å². The summed E-state index contributed by atoms with van der Waals surface area (Å²) in [6.45, 7) is 2.27. The van der Waals surface area contributed by atoms with E-state index in [4.69, 9.17) is 11.6 Å². The highest BCUT2D eigenvalue weighted by molar-refractivity contribution is 7.89. The minimum atomic E-state index is -3.76. The Hall–Kier alpha value is -1.18. The monoisotopic (exact) mass is 311 g/mol. The molecule has 0 aliphatic heterocycles. The van der Waals surface area contributed by atoms with Crippen LogP contribution < -0.4 is 9.46 Å². The zero-order chi connectivity index (χ0) is 14.6. The number of halogens is 3. The van der Waals surface area contributed by atoms with Crippen molar-refractivity contribution in [2.75, 3.05) is 6.54 Å². The summed E-state index contributed by atoms with van der Waals surface area (Å²) in [5, 5.41) is -0.210. The average molecular weight is 312 g/mol. The van der Waals surface area contributed by atoms with E-state index in [1.165, 1.54) is 0 Å². The van der Waals surface area contributed by atoms with Crippen molar-refractivity contribution in [3.8, 4) is 5.75 Å². The number of sulfonamides is 1. The van der Waals surface area contributed by atoms with E-state index < -0.39 is 16.6 Å². The van der Waals surface area contributed by atoms with Crippen molar-refractivity contribution in [3.05, 3.63) is 35.4 Å². The quantitative estimate of drug-likeness (QED) is 0.822. The molecule has 0 saturated carbocycles. The number of nitrogens with one attached hydrogen (secondary N) is 1. The predicted molar refractivity (Wildman–Crippen MR) is 68.1 cm³/mol. The number of ether oxygens (including phenoxy) is 1. The number of alkyl halides is 2. The van der Waals surface area contributed by atoms with Crippen molar-refractivity contribution in [1.29, 1.82) is 0 Å². The molecule has 4 nitrogen and oxygen atoms in total. The van der Waals surface area contributed by atoms with Gasteiger partial charge in [0, 0.05) is 6.54 Å². The largest absolute Gasteiger partial charge is 0.433 e. The van der Waals surface area contributed by atoms with Crippen LogP contribution in [0.25, 0.3) is 0 Å². The molecule has 1 N–H and O–H groups in total. The molecule has 106 valence electrons. The summed E-state index contributed by atoms with van der Waals surface area (Å²) in [7, 11) is -3.76. The smallest absolute Gasteiger partial charge is 0.387 e. The third-order valence-corrected chi connectivity index (χ3v) is 3.69. The summed E-state index contributed by atoms with van der Waals surface area (Å²) in [5.41, 5.74) is 0.632. The summed E-state index contributed by atoms with van der Waals surface area (Å²) in [6.07, 6.45) is 0. The molecular formula is C11H12ClF2NO3S. The first-order valence-electron chi connectivity index (χ1n) is 5.11. The molecule has 0 saturated heterocycles. The summed E-state index contributed by atoms with van der Waals surface area (Å²) < 4.78 is 54.1. The van der Waals surface area contributed by atoms with Crippen molar-refractivity contribution in [1.82, 2.24) is 4.72 Å². The SMILES string of the molecule is C=C(C)CNS(=O)(=O)c1ccc(OC(F)F)c(Cl)c1.